The van der Waals surface area contributed by atoms with Crippen molar-refractivity contribution in [3.05, 3.63) is 24.2 Å². The Morgan fingerprint density at radius 3 is 2.83 bits per heavy atom. The van der Waals surface area contributed by atoms with Gasteiger partial charge in [0.05, 0.1) is 18.4 Å². The first-order valence-corrected chi connectivity index (χ1v) is 9.24. The molecular weight excluding hydrogens is 332 g/mol. The number of imidazole rings is 1. The molecule has 10 heteroatoms. The number of rotatable bonds is 6. The van der Waals surface area contributed by atoms with E-state index in [1.165, 1.54) is 0 Å². The summed E-state index contributed by atoms with van der Waals surface area (Å²) in [4.78, 5) is 13.1. The molecule has 0 unspecified atom stereocenters. The van der Waals surface area contributed by atoms with Gasteiger partial charge in [-0.2, -0.15) is 0 Å². The summed E-state index contributed by atoms with van der Waals surface area (Å²) in [6.07, 6.45) is 3.07. The number of nitrogens with two attached hydrogens (primary N) is 1. The van der Waals surface area contributed by atoms with Crippen molar-refractivity contribution in [1.82, 2.24) is 24.2 Å². The maximum Gasteiger partial charge on any atom is 0.208 e. The Kier molecular flexibility index (Phi) is 4.35. The topological polar surface area (TPSA) is 136 Å². The van der Waals surface area contributed by atoms with Crippen LogP contribution in [0, 0.1) is 0 Å². The van der Waals surface area contributed by atoms with Gasteiger partial charge >= 0.3 is 0 Å². The van der Waals surface area contributed by atoms with E-state index in [1.54, 1.807) is 18.3 Å². The van der Waals surface area contributed by atoms with Crippen molar-refractivity contribution in [2.75, 3.05) is 25.1 Å². The summed E-state index contributed by atoms with van der Waals surface area (Å²) < 4.78 is 26.8. The van der Waals surface area contributed by atoms with Gasteiger partial charge in [-0.05, 0) is 12.1 Å². The maximum atomic E-state index is 11.3. The van der Waals surface area contributed by atoms with Crippen LogP contribution in [0.2, 0.25) is 0 Å². The van der Waals surface area contributed by atoms with Crippen molar-refractivity contribution >= 4 is 37.9 Å². The molecule has 0 atom stereocenters. The zero-order valence-corrected chi connectivity index (χ0v) is 13.9. The highest BCUT2D eigenvalue weighted by Gasteiger charge is 2.17. The SMILES string of the molecule is CS(=O)(=O)NCCn1c(CCO)nc2c(N)nc3cccnc3c21. The lowest BCUT2D eigenvalue weighted by Crippen LogP contribution is -2.26. The molecule has 0 saturated carbocycles. The molecule has 4 N–H and O–H groups in total. The van der Waals surface area contributed by atoms with Crippen molar-refractivity contribution < 1.29 is 13.5 Å². The molecule has 0 spiro atoms. The Hall–Kier alpha value is -2.30. The third kappa shape index (κ3) is 3.16. The highest BCUT2D eigenvalue weighted by Crippen LogP contribution is 2.27. The number of sulfonamides is 1. The van der Waals surface area contributed by atoms with Gasteiger partial charge in [-0.25, -0.2) is 23.1 Å². The maximum absolute atomic E-state index is 11.3. The number of fused-ring (bicyclic) bond motifs is 3. The van der Waals surface area contributed by atoms with Gasteiger partial charge in [0, 0.05) is 25.7 Å². The minimum atomic E-state index is -3.29. The normalized spacial score (nSPS) is 12.2. The van der Waals surface area contributed by atoms with E-state index in [0.29, 0.717) is 40.9 Å². The molecule has 3 heterocycles. The summed E-state index contributed by atoms with van der Waals surface area (Å²) in [6.45, 7) is 0.453. The number of aliphatic hydroxyl groups excluding tert-OH is 1. The van der Waals surface area contributed by atoms with E-state index in [-0.39, 0.29) is 19.0 Å². The standard InChI is InChI=1S/C14H18N6O3S/c1-24(22,23)17-6-7-20-10(4-8-21)19-12-13(20)11-9(18-14(12)15)3-2-5-16-11/h2-3,5,17,21H,4,6-8H2,1H3,(H2,15,18). The summed E-state index contributed by atoms with van der Waals surface area (Å²) in [6, 6.07) is 3.57. The molecule has 0 fully saturated rings. The van der Waals surface area contributed by atoms with Crippen molar-refractivity contribution in [1.29, 1.82) is 0 Å². The number of aliphatic hydroxyl groups is 1. The number of nitrogen functional groups attached to an aromatic ring is 1. The molecule has 0 radical (unpaired) electrons. The fourth-order valence-electron chi connectivity index (χ4n) is 2.64. The number of nitrogens with zero attached hydrogens (tertiary/aromatic N) is 4. The number of aromatic nitrogens is 4. The number of pyridine rings is 2. The van der Waals surface area contributed by atoms with E-state index in [9.17, 15) is 13.5 Å². The van der Waals surface area contributed by atoms with Gasteiger partial charge < -0.3 is 15.4 Å². The predicted octanol–water partition coefficient (Wildman–Crippen LogP) is -0.354. The van der Waals surface area contributed by atoms with Crippen molar-refractivity contribution in [2.45, 2.75) is 13.0 Å². The summed E-state index contributed by atoms with van der Waals surface area (Å²) in [7, 11) is -3.29. The van der Waals surface area contributed by atoms with Gasteiger partial charge in [-0.3, -0.25) is 4.98 Å². The molecule has 0 bridgehead atoms. The van der Waals surface area contributed by atoms with Crippen LogP contribution in [0.3, 0.4) is 0 Å². The van der Waals surface area contributed by atoms with Crippen molar-refractivity contribution in [3.8, 4) is 0 Å². The largest absolute Gasteiger partial charge is 0.396 e. The molecule has 3 aromatic heterocycles. The summed E-state index contributed by atoms with van der Waals surface area (Å²) in [5, 5.41) is 9.28. The first-order valence-electron chi connectivity index (χ1n) is 7.35. The van der Waals surface area contributed by atoms with Crippen molar-refractivity contribution in [3.63, 3.8) is 0 Å². The Morgan fingerprint density at radius 1 is 1.33 bits per heavy atom. The summed E-state index contributed by atoms with van der Waals surface area (Å²) >= 11 is 0. The Balaban J connectivity index is 2.17. The fraction of sp³-hybridized carbons (Fsp3) is 0.357. The highest BCUT2D eigenvalue weighted by atomic mass is 32.2. The van der Waals surface area contributed by atoms with Crippen LogP contribution in [-0.2, 0) is 23.0 Å². The summed E-state index contributed by atoms with van der Waals surface area (Å²) in [5.41, 5.74) is 8.48. The zero-order chi connectivity index (χ0) is 17.3. The van der Waals surface area contributed by atoms with Crippen molar-refractivity contribution in [2.24, 2.45) is 0 Å². The first kappa shape index (κ1) is 16.6. The van der Waals surface area contributed by atoms with Gasteiger partial charge in [0.2, 0.25) is 10.0 Å². The van der Waals surface area contributed by atoms with Gasteiger partial charge in [-0.15, -0.1) is 0 Å². The Labute approximate surface area is 138 Å². The smallest absolute Gasteiger partial charge is 0.208 e. The molecular formula is C14H18N6O3S. The van der Waals surface area contributed by atoms with E-state index in [2.05, 4.69) is 19.7 Å². The molecule has 24 heavy (non-hydrogen) atoms. The monoisotopic (exact) mass is 350 g/mol. The van der Waals surface area contributed by atoms with Crippen LogP contribution in [0.15, 0.2) is 18.3 Å². The highest BCUT2D eigenvalue weighted by molar-refractivity contribution is 7.88. The number of hydrogen-bond donors (Lipinski definition) is 3. The minimum absolute atomic E-state index is 0.0818. The van der Waals surface area contributed by atoms with E-state index in [1.807, 2.05) is 4.57 Å². The molecule has 0 aliphatic rings. The second kappa shape index (κ2) is 6.30. The average molecular weight is 350 g/mol. The van der Waals surface area contributed by atoms with Crippen LogP contribution in [0.4, 0.5) is 5.82 Å². The molecule has 0 aromatic carbocycles. The van der Waals surface area contributed by atoms with E-state index >= 15 is 0 Å². The number of nitrogens with one attached hydrogen (secondary N) is 1. The number of anilines is 1. The number of hydrogen-bond acceptors (Lipinski definition) is 7. The first-order chi connectivity index (χ1) is 11.4. The third-order valence-corrected chi connectivity index (χ3v) is 4.30. The lowest BCUT2D eigenvalue weighted by atomic mass is 10.2. The minimum Gasteiger partial charge on any atom is -0.396 e. The van der Waals surface area contributed by atoms with Gasteiger partial charge in [0.1, 0.15) is 22.4 Å². The van der Waals surface area contributed by atoms with Crippen LogP contribution in [0.25, 0.3) is 22.1 Å². The molecule has 0 saturated heterocycles. The van der Waals surface area contributed by atoms with Crippen LogP contribution in [-0.4, -0.2) is 52.5 Å². The van der Waals surface area contributed by atoms with E-state index in [0.717, 1.165) is 6.26 Å². The van der Waals surface area contributed by atoms with Crippen LogP contribution in [0.5, 0.6) is 0 Å². The second-order valence-corrected chi connectivity index (χ2v) is 7.22. The van der Waals surface area contributed by atoms with E-state index < -0.39 is 10.0 Å². The molecule has 0 aliphatic carbocycles. The van der Waals surface area contributed by atoms with Crippen LogP contribution < -0.4 is 10.5 Å². The molecule has 3 rings (SSSR count). The fourth-order valence-corrected chi connectivity index (χ4v) is 3.11. The van der Waals surface area contributed by atoms with E-state index in [4.69, 9.17) is 5.73 Å². The molecule has 9 nitrogen and oxygen atoms in total. The van der Waals surface area contributed by atoms with Gasteiger partial charge in [0.25, 0.3) is 0 Å². The summed E-state index contributed by atoms with van der Waals surface area (Å²) in [5.74, 6) is 0.883. The zero-order valence-electron chi connectivity index (χ0n) is 13.1. The van der Waals surface area contributed by atoms with Gasteiger partial charge in [0.15, 0.2) is 5.82 Å². The van der Waals surface area contributed by atoms with Crippen LogP contribution >= 0.6 is 0 Å². The Morgan fingerprint density at radius 2 is 2.12 bits per heavy atom. The lowest BCUT2D eigenvalue weighted by molar-refractivity contribution is 0.295. The third-order valence-electron chi connectivity index (χ3n) is 3.58. The quantitative estimate of drug-likeness (QED) is 0.552. The van der Waals surface area contributed by atoms with Gasteiger partial charge in [-0.1, -0.05) is 0 Å². The van der Waals surface area contributed by atoms with Crippen LogP contribution in [0.1, 0.15) is 5.82 Å². The molecule has 3 aromatic rings. The molecule has 0 aliphatic heterocycles. The predicted molar refractivity (Wildman–Crippen MR) is 90.9 cm³/mol. The average Bonchev–Trinajstić information content (AvgIpc) is 2.86. The molecule has 128 valence electrons. The Bertz CT molecular complexity index is 999. The second-order valence-electron chi connectivity index (χ2n) is 5.39. The molecule has 0 amide bonds. The lowest BCUT2D eigenvalue weighted by Gasteiger charge is -2.10.